The van der Waals surface area contributed by atoms with Crippen LogP contribution in [0.5, 0.6) is 17.2 Å². The third-order valence-corrected chi connectivity index (χ3v) is 5.78. The Kier molecular flexibility index (Phi) is 6.08. The Balaban J connectivity index is 1.89. The van der Waals surface area contributed by atoms with Crippen LogP contribution in [0.3, 0.4) is 0 Å². The number of aliphatic hydroxyl groups is 1. The number of hydrogen-bond acceptors (Lipinski definition) is 6. The maximum Gasteiger partial charge on any atom is 0.295 e. The predicted octanol–water partition coefficient (Wildman–Crippen LogP) is 4.00. The molecular formula is C25H27NO6. The van der Waals surface area contributed by atoms with Gasteiger partial charge in [0.25, 0.3) is 11.7 Å². The normalized spacial score (nSPS) is 19.3. The van der Waals surface area contributed by atoms with E-state index in [1.165, 1.54) is 12.0 Å². The summed E-state index contributed by atoms with van der Waals surface area (Å²) in [5.41, 5.74) is 2.00. The lowest BCUT2D eigenvalue weighted by Gasteiger charge is -2.27. The number of aliphatic hydroxyl groups excluding tert-OH is 1. The van der Waals surface area contributed by atoms with E-state index in [4.69, 9.17) is 14.2 Å². The summed E-state index contributed by atoms with van der Waals surface area (Å²) in [7, 11) is 1.50. The summed E-state index contributed by atoms with van der Waals surface area (Å²) in [5, 5.41) is 11.3. The van der Waals surface area contributed by atoms with Gasteiger partial charge in [-0.3, -0.25) is 9.59 Å². The van der Waals surface area contributed by atoms with E-state index in [-0.39, 0.29) is 11.3 Å². The van der Waals surface area contributed by atoms with Gasteiger partial charge in [0.05, 0.1) is 24.3 Å². The molecule has 2 aliphatic heterocycles. The summed E-state index contributed by atoms with van der Waals surface area (Å²) >= 11 is 0. The van der Waals surface area contributed by atoms with Gasteiger partial charge >= 0.3 is 0 Å². The number of carbonyl (C=O) groups excluding carboxylic acids is 2. The molecule has 2 heterocycles. The molecule has 0 spiro atoms. The summed E-state index contributed by atoms with van der Waals surface area (Å²) < 4.78 is 16.7. The fourth-order valence-electron chi connectivity index (χ4n) is 4.17. The first-order valence-corrected chi connectivity index (χ1v) is 10.8. The minimum absolute atomic E-state index is 0.0479. The van der Waals surface area contributed by atoms with Crippen LogP contribution in [-0.4, -0.2) is 48.6 Å². The van der Waals surface area contributed by atoms with Gasteiger partial charge in [-0.25, -0.2) is 0 Å². The highest BCUT2D eigenvalue weighted by molar-refractivity contribution is 6.46. The first kappa shape index (κ1) is 21.7. The van der Waals surface area contributed by atoms with E-state index >= 15 is 0 Å². The molecule has 2 aromatic rings. The smallest absolute Gasteiger partial charge is 0.295 e. The molecule has 7 nitrogen and oxygen atoms in total. The van der Waals surface area contributed by atoms with E-state index in [0.717, 1.165) is 18.4 Å². The van der Waals surface area contributed by atoms with E-state index in [9.17, 15) is 14.7 Å². The number of amides is 1. The average Bonchev–Trinajstić information content (AvgIpc) is 3.06. The lowest BCUT2D eigenvalue weighted by molar-refractivity contribution is -0.139. The molecule has 7 heteroatoms. The number of fused-ring (bicyclic) bond motifs is 1. The van der Waals surface area contributed by atoms with E-state index in [2.05, 4.69) is 0 Å². The highest BCUT2D eigenvalue weighted by Crippen LogP contribution is 2.43. The molecule has 0 aromatic heterocycles. The van der Waals surface area contributed by atoms with Crippen molar-refractivity contribution < 1.29 is 28.9 Å². The van der Waals surface area contributed by atoms with Crippen molar-refractivity contribution >= 4 is 17.4 Å². The topological polar surface area (TPSA) is 85.3 Å². The lowest BCUT2D eigenvalue weighted by Crippen LogP contribution is -2.30. The number of rotatable bonds is 6. The Morgan fingerprint density at radius 1 is 1.12 bits per heavy atom. The van der Waals surface area contributed by atoms with E-state index < -0.39 is 17.7 Å². The highest BCUT2D eigenvalue weighted by atomic mass is 16.6. The van der Waals surface area contributed by atoms with Crippen LogP contribution in [0.4, 0.5) is 0 Å². The number of Topliss-reactive ketones (excluding diaryl/α,β-unsaturated/α-hetero) is 1. The van der Waals surface area contributed by atoms with Gasteiger partial charge in [-0.15, -0.1) is 0 Å². The molecule has 1 saturated heterocycles. The third kappa shape index (κ3) is 3.79. The van der Waals surface area contributed by atoms with Gasteiger partial charge < -0.3 is 24.2 Å². The van der Waals surface area contributed by atoms with E-state index in [1.54, 1.807) is 24.3 Å². The first-order valence-electron chi connectivity index (χ1n) is 10.8. The summed E-state index contributed by atoms with van der Waals surface area (Å²) in [6, 6.07) is 9.97. The number of ketones is 1. The van der Waals surface area contributed by atoms with Gasteiger partial charge in [-0.2, -0.15) is 0 Å². The second-order valence-corrected chi connectivity index (χ2v) is 7.95. The SMILES string of the molecule is CCCCN1C(=O)C(=O)/C(=C(/O)c2cc(C)ccc2OC)C1c1ccc2c(c1)OCCO2. The Labute approximate surface area is 187 Å². The van der Waals surface area contributed by atoms with Crippen LogP contribution in [-0.2, 0) is 9.59 Å². The summed E-state index contributed by atoms with van der Waals surface area (Å²) in [6.45, 7) is 5.20. The number of benzene rings is 2. The fourth-order valence-corrected chi connectivity index (χ4v) is 4.17. The lowest BCUT2D eigenvalue weighted by atomic mass is 9.94. The molecule has 2 aromatic carbocycles. The molecule has 4 rings (SSSR count). The van der Waals surface area contributed by atoms with Gasteiger partial charge in [0, 0.05) is 6.54 Å². The van der Waals surface area contributed by atoms with Crippen molar-refractivity contribution in [1.82, 2.24) is 4.90 Å². The number of likely N-dealkylation sites (tertiary alicyclic amines) is 1. The molecule has 1 atom stereocenters. The molecule has 2 aliphatic rings. The van der Waals surface area contributed by atoms with Crippen LogP contribution >= 0.6 is 0 Å². The van der Waals surface area contributed by atoms with Crippen molar-refractivity contribution in [2.75, 3.05) is 26.9 Å². The van der Waals surface area contributed by atoms with Crippen molar-refractivity contribution in [3.63, 3.8) is 0 Å². The molecule has 168 valence electrons. The van der Waals surface area contributed by atoms with Crippen molar-refractivity contribution in [3.05, 3.63) is 58.7 Å². The van der Waals surface area contributed by atoms with E-state index in [0.29, 0.717) is 48.1 Å². The molecule has 32 heavy (non-hydrogen) atoms. The molecule has 0 radical (unpaired) electrons. The third-order valence-electron chi connectivity index (χ3n) is 5.78. The number of ether oxygens (including phenoxy) is 3. The predicted molar refractivity (Wildman–Crippen MR) is 119 cm³/mol. The number of unbranched alkanes of at least 4 members (excludes halogenated alkanes) is 1. The number of carbonyl (C=O) groups is 2. The summed E-state index contributed by atoms with van der Waals surface area (Å²) in [6.07, 6.45) is 1.60. The zero-order valence-corrected chi connectivity index (χ0v) is 18.5. The number of methoxy groups -OCH3 is 1. The van der Waals surface area contributed by atoms with Gasteiger partial charge in [0.1, 0.15) is 24.7 Å². The molecule has 0 bridgehead atoms. The molecule has 1 amide bonds. The second-order valence-electron chi connectivity index (χ2n) is 7.95. The van der Waals surface area contributed by atoms with Crippen LogP contribution in [0, 0.1) is 6.92 Å². The summed E-state index contributed by atoms with van der Waals surface area (Å²) in [4.78, 5) is 27.7. The van der Waals surface area contributed by atoms with Crippen LogP contribution in [0.2, 0.25) is 0 Å². The van der Waals surface area contributed by atoms with Crippen LogP contribution in [0.25, 0.3) is 5.76 Å². The summed E-state index contributed by atoms with van der Waals surface area (Å²) in [5.74, 6) is 0.0268. The Morgan fingerprint density at radius 2 is 1.88 bits per heavy atom. The minimum Gasteiger partial charge on any atom is -0.507 e. The molecule has 1 unspecified atom stereocenters. The molecule has 0 aliphatic carbocycles. The van der Waals surface area contributed by atoms with Crippen molar-refractivity contribution in [2.45, 2.75) is 32.7 Å². The molecular weight excluding hydrogens is 410 g/mol. The number of nitrogens with zero attached hydrogens (tertiary/aromatic N) is 1. The monoisotopic (exact) mass is 437 g/mol. The van der Waals surface area contributed by atoms with Crippen molar-refractivity contribution in [2.24, 2.45) is 0 Å². The maximum absolute atomic E-state index is 13.1. The fraction of sp³-hybridized carbons (Fsp3) is 0.360. The van der Waals surface area contributed by atoms with Gasteiger partial charge in [0.15, 0.2) is 11.5 Å². The maximum atomic E-state index is 13.1. The van der Waals surface area contributed by atoms with Gasteiger partial charge in [-0.1, -0.05) is 31.0 Å². The Bertz CT molecular complexity index is 1090. The molecule has 0 saturated carbocycles. The molecule has 1 fully saturated rings. The van der Waals surface area contributed by atoms with Crippen molar-refractivity contribution in [3.8, 4) is 17.2 Å². The minimum atomic E-state index is -0.734. The largest absolute Gasteiger partial charge is 0.507 e. The van der Waals surface area contributed by atoms with Crippen molar-refractivity contribution in [1.29, 1.82) is 0 Å². The quantitative estimate of drug-likeness (QED) is 0.418. The Hall–Kier alpha value is -3.48. The molecule has 1 N–H and O–H groups in total. The second kappa shape index (κ2) is 8.94. The Morgan fingerprint density at radius 3 is 2.59 bits per heavy atom. The number of aryl methyl sites for hydroxylation is 1. The number of hydrogen-bond donors (Lipinski definition) is 1. The highest BCUT2D eigenvalue weighted by Gasteiger charge is 2.46. The zero-order chi connectivity index (χ0) is 22.8. The zero-order valence-electron chi connectivity index (χ0n) is 18.5. The van der Waals surface area contributed by atoms with Crippen LogP contribution < -0.4 is 14.2 Å². The standard InChI is InChI=1S/C25H27NO6/c1-4-5-10-26-22(16-7-9-19-20(14-16)32-12-11-31-19)21(24(28)25(26)29)23(27)17-13-15(2)6-8-18(17)30-3/h6-9,13-14,22,27H,4-5,10-12H2,1-3H3/b23-21+. The van der Waals surface area contributed by atoms with Gasteiger partial charge in [0.2, 0.25) is 0 Å². The average molecular weight is 437 g/mol. The van der Waals surface area contributed by atoms with Crippen LogP contribution in [0.15, 0.2) is 42.0 Å². The van der Waals surface area contributed by atoms with E-state index in [1.807, 2.05) is 26.0 Å². The van der Waals surface area contributed by atoms with Gasteiger partial charge in [-0.05, 0) is 43.2 Å². The van der Waals surface area contributed by atoms with Crippen LogP contribution in [0.1, 0.15) is 42.5 Å². The first-order chi connectivity index (χ1) is 15.5.